The van der Waals surface area contributed by atoms with E-state index in [0.717, 1.165) is 50.3 Å². The van der Waals surface area contributed by atoms with Gasteiger partial charge < -0.3 is 20.9 Å². The Bertz CT molecular complexity index is 627. The lowest BCUT2D eigenvalue weighted by Gasteiger charge is -2.38. The van der Waals surface area contributed by atoms with Crippen LogP contribution in [0, 0.1) is 24.7 Å². The predicted molar refractivity (Wildman–Crippen MR) is 103 cm³/mol. The van der Waals surface area contributed by atoms with Gasteiger partial charge >= 0.3 is 6.03 Å². The molecule has 0 radical (unpaired) electrons. The van der Waals surface area contributed by atoms with Crippen LogP contribution in [0.2, 0.25) is 0 Å². The summed E-state index contributed by atoms with van der Waals surface area (Å²) in [5.41, 5.74) is 1.95. The largest absolute Gasteiger partial charge is 0.342 e. The number of carbonyl (C=O) groups is 2. The van der Waals surface area contributed by atoms with E-state index in [2.05, 4.69) is 16.0 Å². The van der Waals surface area contributed by atoms with Gasteiger partial charge in [0.1, 0.15) is 0 Å². The van der Waals surface area contributed by atoms with Gasteiger partial charge in [0.15, 0.2) is 0 Å². The lowest BCUT2D eigenvalue weighted by Crippen LogP contribution is -2.52. The second-order valence-electron chi connectivity index (χ2n) is 7.70. The van der Waals surface area contributed by atoms with Crippen LogP contribution in [0.25, 0.3) is 0 Å². The molecule has 2 saturated heterocycles. The molecule has 3 amide bonds. The molecule has 6 nitrogen and oxygen atoms in total. The van der Waals surface area contributed by atoms with E-state index in [1.165, 1.54) is 0 Å². The van der Waals surface area contributed by atoms with Crippen LogP contribution in [0.4, 0.5) is 10.5 Å². The summed E-state index contributed by atoms with van der Waals surface area (Å²) in [6, 6.07) is 7.54. The zero-order chi connectivity index (χ0) is 18.5. The van der Waals surface area contributed by atoms with Gasteiger partial charge in [0, 0.05) is 31.2 Å². The van der Waals surface area contributed by atoms with Crippen molar-refractivity contribution >= 4 is 17.6 Å². The Morgan fingerprint density at radius 3 is 2.65 bits per heavy atom. The second kappa shape index (κ2) is 8.54. The highest BCUT2D eigenvalue weighted by atomic mass is 16.2. The first-order chi connectivity index (χ1) is 12.5. The Morgan fingerprint density at radius 1 is 1.27 bits per heavy atom. The zero-order valence-corrected chi connectivity index (χ0v) is 15.8. The number of aryl methyl sites for hydroxylation is 1. The number of hydrogen-bond acceptors (Lipinski definition) is 3. The van der Waals surface area contributed by atoms with Crippen LogP contribution in [-0.2, 0) is 4.79 Å². The summed E-state index contributed by atoms with van der Waals surface area (Å²) in [5, 5.41) is 9.04. The third-order valence-corrected chi connectivity index (χ3v) is 5.60. The molecule has 3 N–H and O–H groups in total. The Balaban J connectivity index is 1.43. The van der Waals surface area contributed by atoms with Crippen LogP contribution in [0.5, 0.6) is 0 Å². The van der Waals surface area contributed by atoms with Crippen molar-refractivity contribution in [2.45, 2.75) is 26.7 Å². The molecule has 2 unspecified atom stereocenters. The standard InChI is InChI=1S/C20H30N4O2/c1-14-5-7-18(8-6-14)23-20(26)22-10-16-4-3-9-24(13-16)19(25)15(2)17-11-21-12-17/h5-8,15-17,21H,3-4,9-13H2,1-2H3,(H2,22,23,26). The molecule has 2 aliphatic heterocycles. The number of urea groups is 1. The first-order valence-corrected chi connectivity index (χ1v) is 9.64. The molecule has 2 aliphatic rings. The highest BCUT2D eigenvalue weighted by Crippen LogP contribution is 2.23. The third kappa shape index (κ3) is 4.75. The molecule has 2 fully saturated rings. The van der Waals surface area contributed by atoms with Crippen molar-refractivity contribution in [2.24, 2.45) is 17.8 Å². The van der Waals surface area contributed by atoms with E-state index < -0.39 is 0 Å². The molecule has 0 aliphatic carbocycles. The Hall–Kier alpha value is -2.08. The third-order valence-electron chi connectivity index (χ3n) is 5.60. The highest BCUT2D eigenvalue weighted by Gasteiger charge is 2.33. The lowest BCUT2D eigenvalue weighted by atomic mass is 9.87. The van der Waals surface area contributed by atoms with Gasteiger partial charge in [0.2, 0.25) is 5.91 Å². The minimum atomic E-state index is -0.189. The van der Waals surface area contributed by atoms with Crippen molar-refractivity contribution < 1.29 is 9.59 Å². The van der Waals surface area contributed by atoms with Gasteiger partial charge in [-0.3, -0.25) is 4.79 Å². The van der Waals surface area contributed by atoms with Gasteiger partial charge in [-0.15, -0.1) is 0 Å². The quantitative estimate of drug-likeness (QED) is 0.756. The number of nitrogens with one attached hydrogen (secondary N) is 3. The van der Waals surface area contributed by atoms with Gasteiger partial charge in [0.25, 0.3) is 0 Å². The number of benzene rings is 1. The number of hydrogen-bond donors (Lipinski definition) is 3. The Labute approximate surface area is 155 Å². The average molecular weight is 358 g/mol. The van der Waals surface area contributed by atoms with Crippen LogP contribution in [0.3, 0.4) is 0 Å². The summed E-state index contributed by atoms with van der Waals surface area (Å²) >= 11 is 0. The molecule has 1 aromatic rings. The Morgan fingerprint density at radius 2 is 2.00 bits per heavy atom. The van der Waals surface area contributed by atoms with Crippen LogP contribution in [-0.4, -0.2) is 49.6 Å². The zero-order valence-electron chi connectivity index (χ0n) is 15.8. The number of nitrogens with zero attached hydrogens (tertiary/aromatic N) is 1. The van der Waals surface area contributed by atoms with Crippen molar-refractivity contribution in [1.29, 1.82) is 0 Å². The minimum absolute atomic E-state index is 0.0906. The second-order valence-corrected chi connectivity index (χ2v) is 7.70. The van der Waals surface area contributed by atoms with Crippen LogP contribution in [0.1, 0.15) is 25.3 Å². The molecule has 2 heterocycles. The number of rotatable bonds is 5. The maximum Gasteiger partial charge on any atom is 0.319 e. The SMILES string of the molecule is Cc1ccc(NC(=O)NCC2CCCN(C(=O)C(C)C3CNC3)C2)cc1. The molecule has 0 saturated carbocycles. The first kappa shape index (κ1) is 18.7. The fourth-order valence-electron chi connectivity index (χ4n) is 3.64. The molecule has 0 bridgehead atoms. The molecule has 3 rings (SSSR count). The fourth-order valence-corrected chi connectivity index (χ4v) is 3.64. The lowest BCUT2D eigenvalue weighted by molar-refractivity contribution is -0.139. The summed E-state index contributed by atoms with van der Waals surface area (Å²) in [4.78, 5) is 26.8. The predicted octanol–water partition coefficient (Wildman–Crippen LogP) is 2.21. The van der Waals surface area contributed by atoms with Crippen molar-refractivity contribution in [2.75, 3.05) is 38.0 Å². The normalized spacial score (nSPS) is 21.6. The van der Waals surface area contributed by atoms with Gasteiger partial charge in [-0.05, 0) is 56.8 Å². The number of carbonyl (C=O) groups excluding carboxylic acids is 2. The molecular weight excluding hydrogens is 328 g/mol. The van der Waals surface area contributed by atoms with Crippen LogP contribution in [0.15, 0.2) is 24.3 Å². The summed E-state index contributed by atoms with van der Waals surface area (Å²) < 4.78 is 0. The topological polar surface area (TPSA) is 73.5 Å². The van der Waals surface area contributed by atoms with Gasteiger partial charge in [-0.2, -0.15) is 0 Å². The van der Waals surface area contributed by atoms with Crippen molar-refractivity contribution in [1.82, 2.24) is 15.5 Å². The van der Waals surface area contributed by atoms with E-state index in [1.807, 2.05) is 43.0 Å². The highest BCUT2D eigenvalue weighted by molar-refractivity contribution is 5.89. The van der Waals surface area contributed by atoms with Crippen molar-refractivity contribution in [3.8, 4) is 0 Å². The molecule has 0 spiro atoms. The average Bonchev–Trinajstić information content (AvgIpc) is 2.60. The van der Waals surface area contributed by atoms with Crippen LogP contribution >= 0.6 is 0 Å². The van der Waals surface area contributed by atoms with E-state index in [-0.39, 0.29) is 17.9 Å². The maximum atomic E-state index is 12.7. The van der Waals surface area contributed by atoms with E-state index in [0.29, 0.717) is 18.4 Å². The van der Waals surface area contributed by atoms with Gasteiger partial charge in [0.05, 0.1) is 0 Å². The number of likely N-dealkylation sites (tertiary alicyclic amines) is 1. The summed E-state index contributed by atoms with van der Waals surface area (Å²) in [5.74, 6) is 1.16. The molecule has 26 heavy (non-hydrogen) atoms. The first-order valence-electron chi connectivity index (χ1n) is 9.64. The van der Waals surface area contributed by atoms with Crippen LogP contribution < -0.4 is 16.0 Å². The molecule has 6 heteroatoms. The van der Waals surface area contributed by atoms with Crippen molar-refractivity contribution in [3.63, 3.8) is 0 Å². The fraction of sp³-hybridized carbons (Fsp3) is 0.600. The van der Waals surface area contributed by atoms with E-state index in [4.69, 9.17) is 0 Å². The number of anilines is 1. The van der Waals surface area contributed by atoms with Crippen molar-refractivity contribution in [3.05, 3.63) is 29.8 Å². The summed E-state index contributed by atoms with van der Waals surface area (Å²) in [7, 11) is 0. The van der Waals surface area contributed by atoms with Gasteiger partial charge in [-0.25, -0.2) is 4.79 Å². The molecule has 142 valence electrons. The smallest absolute Gasteiger partial charge is 0.319 e. The Kier molecular flexibility index (Phi) is 6.14. The summed E-state index contributed by atoms with van der Waals surface area (Å²) in [6.45, 7) is 8.15. The minimum Gasteiger partial charge on any atom is -0.342 e. The maximum absolute atomic E-state index is 12.7. The molecule has 2 atom stereocenters. The van der Waals surface area contributed by atoms with E-state index >= 15 is 0 Å². The van der Waals surface area contributed by atoms with E-state index in [9.17, 15) is 9.59 Å². The van der Waals surface area contributed by atoms with Gasteiger partial charge in [-0.1, -0.05) is 24.6 Å². The molecule has 0 aromatic heterocycles. The number of piperidine rings is 1. The molecular formula is C20H30N4O2. The number of amides is 3. The van der Waals surface area contributed by atoms with E-state index in [1.54, 1.807) is 0 Å². The monoisotopic (exact) mass is 358 g/mol. The summed E-state index contributed by atoms with van der Waals surface area (Å²) in [6.07, 6.45) is 2.06. The molecule has 1 aromatic carbocycles.